The summed E-state index contributed by atoms with van der Waals surface area (Å²) < 4.78 is 2.18. The third-order valence-electron chi connectivity index (χ3n) is 6.63. The summed E-state index contributed by atoms with van der Waals surface area (Å²) >= 11 is 0. The van der Waals surface area contributed by atoms with Gasteiger partial charge in [0, 0.05) is 54.4 Å². The van der Waals surface area contributed by atoms with Crippen LogP contribution in [0.25, 0.3) is 28.0 Å². The number of piperidine rings is 1. The average molecular weight is 438 g/mol. The quantitative estimate of drug-likeness (QED) is 0.392. The summed E-state index contributed by atoms with van der Waals surface area (Å²) in [6.07, 6.45) is 7.85. The highest BCUT2D eigenvalue weighted by Gasteiger charge is 2.13. The summed E-state index contributed by atoms with van der Waals surface area (Å²) in [6.45, 7) is 6.36. The minimum atomic E-state index is 0.982. The third kappa shape index (κ3) is 4.36. The molecular weight excluding hydrogens is 406 g/mol. The highest BCUT2D eigenvalue weighted by atomic mass is 15.2. The lowest BCUT2D eigenvalue weighted by Crippen LogP contribution is -2.30. The van der Waals surface area contributed by atoms with E-state index in [9.17, 15) is 0 Å². The van der Waals surface area contributed by atoms with Crippen LogP contribution in [0.15, 0.2) is 66.9 Å². The zero-order chi connectivity index (χ0) is 22.8. The van der Waals surface area contributed by atoms with Crippen molar-refractivity contribution in [2.45, 2.75) is 33.1 Å². The second-order valence-electron chi connectivity index (χ2n) is 8.80. The van der Waals surface area contributed by atoms with Crippen LogP contribution in [0.4, 0.5) is 11.5 Å². The molecule has 1 aromatic carbocycles. The number of aryl methyl sites for hydroxylation is 1. The van der Waals surface area contributed by atoms with Crippen LogP contribution in [0.2, 0.25) is 0 Å². The molecule has 5 nitrogen and oxygen atoms in total. The maximum absolute atomic E-state index is 4.96. The first-order valence-electron chi connectivity index (χ1n) is 11.8. The molecule has 0 aliphatic carbocycles. The molecule has 0 amide bonds. The Labute approximate surface area is 195 Å². The molecule has 3 aromatic heterocycles. The molecule has 1 aliphatic rings. The Morgan fingerprint density at radius 3 is 2.55 bits per heavy atom. The van der Waals surface area contributed by atoms with Gasteiger partial charge < -0.3 is 14.8 Å². The van der Waals surface area contributed by atoms with Crippen molar-refractivity contribution < 1.29 is 0 Å². The molecule has 1 fully saturated rings. The Morgan fingerprint density at radius 2 is 1.79 bits per heavy atom. The van der Waals surface area contributed by atoms with Gasteiger partial charge in [0.25, 0.3) is 0 Å². The van der Waals surface area contributed by atoms with Crippen molar-refractivity contribution in [3.63, 3.8) is 0 Å². The first-order valence-corrected chi connectivity index (χ1v) is 11.8. The summed E-state index contributed by atoms with van der Waals surface area (Å²) in [5.74, 6) is 1.07. The summed E-state index contributed by atoms with van der Waals surface area (Å²) in [4.78, 5) is 12.0. The molecule has 1 saturated heterocycles. The Balaban J connectivity index is 1.42. The highest BCUT2D eigenvalue weighted by Crippen LogP contribution is 2.27. The van der Waals surface area contributed by atoms with Crippen LogP contribution in [0.5, 0.6) is 0 Å². The zero-order valence-corrected chi connectivity index (χ0v) is 19.7. The molecule has 1 N–H and O–H groups in total. The van der Waals surface area contributed by atoms with Crippen molar-refractivity contribution in [3.8, 4) is 11.4 Å². The van der Waals surface area contributed by atoms with Gasteiger partial charge in [-0.1, -0.05) is 18.2 Å². The summed E-state index contributed by atoms with van der Waals surface area (Å²) in [5.41, 5.74) is 7.57. The lowest BCUT2D eigenvalue weighted by atomic mass is 10.1. The molecule has 0 bridgehead atoms. The van der Waals surface area contributed by atoms with Gasteiger partial charge in [0.2, 0.25) is 0 Å². The van der Waals surface area contributed by atoms with Gasteiger partial charge in [-0.3, -0.25) is 0 Å². The number of nitrogens with one attached hydrogen (secondary N) is 1. The van der Waals surface area contributed by atoms with Crippen molar-refractivity contribution in [2.75, 3.05) is 23.3 Å². The summed E-state index contributed by atoms with van der Waals surface area (Å²) in [7, 11) is 2.08. The van der Waals surface area contributed by atoms with Gasteiger partial charge in [-0.2, -0.15) is 0 Å². The van der Waals surface area contributed by atoms with E-state index in [0.717, 1.165) is 58.1 Å². The minimum absolute atomic E-state index is 0.982. The smallest absolute Gasteiger partial charge is 0.129 e. The molecule has 168 valence electrons. The lowest BCUT2D eigenvalue weighted by molar-refractivity contribution is 0.573. The number of nitrogens with zero attached hydrogens (tertiary/aromatic N) is 4. The van der Waals surface area contributed by atoms with E-state index in [2.05, 4.69) is 101 Å². The van der Waals surface area contributed by atoms with Crippen molar-refractivity contribution in [1.29, 1.82) is 0 Å². The van der Waals surface area contributed by atoms with Crippen LogP contribution in [-0.4, -0.2) is 27.6 Å². The van der Waals surface area contributed by atoms with E-state index < -0.39 is 0 Å². The fourth-order valence-corrected chi connectivity index (χ4v) is 4.56. The molecule has 5 rings (SSSR count). The molecule has 4 aromatic rings. The predicted octanol–water partition coefficient (Wildman–Crippen LogP) is 6.41. The van der Waals surface area contributed by atoms with Crippen molar-refractivity contribution in [3.05, 3.63) is 78.1 Å². The monoisotopic (exact) mass is 437 g/mol. The van der Waals surface area contributed by atoms with E-state index in [-0.39, 0.29) is 0 Å². The Morgan fingerprint density at radius 1 is 0.970 bits per heavy atom. The van der Waals surface area contributed by atoms with E-state index in [1.807, 2.05) is 6.20 Å². The number of rotatable bonds is 5. The molecule has 33 heavy (non-hydrogen) atoms. The fourth-order valence-electron chi connectivity index (χ4n) is 4.56. The van der Waals surface area contributed by atoms with Gasteiger partial charge in [-0.15, -0.1) is 0 Å². The average Bonchev–Trinajstić information content (AvgIpc) is 3.20. The van der Waals surface area contributed by atoms with Gasteiger partial charge >= 0.3 is 0 Å². The van der Waals surface area contributed by atoms with E-state index in [0.29, 0.717) is 0 Å². The molecule has 0 radical (unpaired) electrons. The molecule has 0 spiro atoms. The van der Waals surface area contributed by atoms with Gasteiger partial charge in [-0.05, 0) is 75.6 Å². The fraction of sp³-hybridized carbons (Fsp3) is 0.286. The third-order valence-corrected chi connectivity index (χ3v) is 6.63. The normalized spacial score (nSPS) is 14.6. The van der Waals surface area contributed by atoms with Gasteiger partial charge in [-0.25, -0.2) is 9.97 Å². The largest absolute Gasteiger partial charge is 0.357 e. The number of hydrogen-bond donors (Lipinski definition) is 1. The zero-order valence-electron chi connectivity index (χ0n) is 19.7. The number of allylic oxidation sites excluding steroid dienone is 1. The molecule has 5 heteroatoms. The standard InChI is InChI=1S/C28H31N5/c1-4-24(22-14-15-29-28(18-22)33-16-6-5-7-17-33)30-23-11-9-21-10-12-25(31-26(21)19-23)27-13-8-20(2)32(27)3/h4,8-15,18-19,30H,5-7,16-17H2,1-3H3/b24-4-. The minimum Gasteiger partial charge on any atom is -0.357 e. The van der Waals surface area contributed by atoms with Crippen LogP contribution < -0.4 is 10.2 Å². The molecule has 4 heterocycles. The van der Waals surface area contributed by atoms with Crippen molar-refractivity contribution in [1.82, 2.24) is 14.5 Å². The summed E-state index contributed by atoms with van der Waals surface area (Å²) in [5, 5.41) is 4.74. The maximum atomic E-state index is 4.96. The van der Waals surface area contributed by atoms with E-state index in [1.54, 1.807) is 0 Å². The van der Waals surface area contributed by atoms with Crippen LogP contribution in [-0.2, 0) is 7.05 Å². The molecule has 0 atom stereocenters. The van der Waals surface area contributed by atoms with Crippen LogP contribution in [0.3, 0.4) is 0 Å². The SMILES string of the molecule is C/C=C(\Nc1ccc2ccc(-c3ccc(C)n3C)nc2c1)c1ccnc(N2CCCCC2)c1. The van der Waals surface area contributed by atoms with Gasteiger partial charge in [0.15, 0.2) is 0 Å². The van der Waals surface area contributed by atoms with Crippen LogP contribution in [0, 0.1) is 6.92 Å². The van der Waals surface area contributed by atoms with E-state index in [4.69, 9.17) is 4.98 Å². The second-order valence-corrected chi connectivity index (χ2v) is 8.80. The first kappa shape index (κ1) is 21.3. The number of anilines is 2. The Kier molecular flexibility index (Phi) is 5.86. The van der Waals surface area contributed by atoms with Gasteiger partial charge in [0.05, 0.1) is 16.9 Å². The van der Waals surface area contributed by atoms with Crippen molar-refractivity contribution in [2.24, 2.45) is 7.05 Å². The first-order chi connectivity index (χ1) is 16.1. The number of hydrogen-bond acceptors (Lipinski definition) is 4. The molecule has 0 saturated carbocycles. The maximum Gasteiger partial charge on any atom is 0.129 e. The Hall–Kier alpha value is -3.60. The Bertz CT molecular complexity index is 1310. The van der Waals surface area contributed by atoms with Crippen LogP contribution in [0.1, 0.15) is 37.4 Å². The topological polar surface area (TPSA) is 46.0 Å². The highest BCUT2D eigenvalue weighted by molar-refractivity contribution is 5.87. The van der Waals surface area contributed by atoms with E-state index >= 15 is 0 Å². The number of aromatic nitrogens is 3. The molecule has 0 unspecified atom stereocenters. The van der Waals surface area contributed by atoms with Gasteiger partial charge in [0.1, 0.15) is 5.82 Å². The number of pyridine rings is 2. The van der Waals surface area contributed by atoms with Crippen LogP contribution >= 0.6 is 0 Å². The van der Waals surface area contributed by atoms with E-state index in [1.165, 1.54) is 25.0 Å². The molecule has 1 aliphatic heterocycles. The second kappa shape index (κ2) is 9.10. The lowest BCUT2D eigenvalue weighted by Gasteiger charge is -2.28. The summed E-state index contributed by atoms with van der Waals surface area (Å²) in [6, 6.07) is 19.2. The van der Waals surface area contributed by atoms with Crippen molar-refractivity contribution >= 4 is 28.1 Å². The molecular formula is C28H31N5. The number of benzene rings is 1. The predicted molar refractivity (Wildman–Crippen MR) is 138 cm³/mol. The number of fused-ring (bicyclic) bond motifs is 1.